The van der Waals surface area contributed by atoms with Gasteiger partial charge in [0.25, 0.3) is 0 Å². The predicted molar refractivity (Wildman–Crippen MR) is 79.8 cm³/mol. The molecular formula is C16H23FN2O2. The predicted octanol–water partition coefficient (Wildman–Crippen LogP) is 2.53. The third-order valence-corrected chi connectivity index (χ3v) is 3.73. The van der Waals surface area contributed by atoms with Crippen LogP contribution in [-0.4, -0.2) is 55.2 Å². The third-order valence-electron chi connectivity index (χ3n) is 3.73. The van der Waals surface area contributed by atoms with Gasteiger partial charge in [-0.25, -0.2) is 9.18 Å². The Kier molecular flexibility index (Phi) is 5.99. The van der Waals surface area contributed by atoms with E-state index in [0.717, 1.165) is 51.1 Å². The summed E-state index contributed by atoms with van der Waals surface area (Å²) >= 11 is 0. The van der Waals surface area contributed by atoms with Crippen molar-refractivity contribution in [2.75, 3.05) is 39.3 Å². The molecule has 0 unspecified atom stereocenters. The molecule has 5 heteroatoms. The number of nitrogens with zero attached hydrogens (tertiary/aromatic N) is 2. The molecule has 2 rings (SSSR count). The Morgan fingerprint density at radius 2 is 2.05 bits per heavy atom. The number of piperazine rings is 1. The summed E-state index contributed by atoms with van der Waals surface area (Å²) in [4.78, 5) is 15.7. The van der Waals surface area contributed by atoms with Crippen LogP contribution in [0.5, 0.6) is 0 Å². The zero-order valence-electron chi connectivity index (χ0n) is 12.6. The van der Waals surface area contributed by atoms with Gasteiger partial charge in [-0.1, -0.05) is 12.1 Å². The molecule has 0 N–H and O–H groups in total. The van der Waals surface area contributed by atoms with Crippen LogP contribution in [-0.2, 0) is 11.2 Å². The molecule has 0 bridgehead atoms. The number of halogens is 1. The summed E-state index contributed by atoms with van der Waals surface area (Å²) in [6.07, 6.45) is 1.68. The number of carbonyl (C=O) groups is 1. The van der Waals surface area contributed by atoms with E-state index in [0.29, 0.717) is 6.61 Å². The summed E-state index contributed by atoms with van der Waals surface area (Å²) in [5.74, 6) is -0.171. The highest BCUT2D eigenvalue weighted by Gasteiger charge is 2.21. The maximum Gasteiger partial charge on any atom is 0.409 e. The second kappa shape index (κ2) is 7.98. The minimum absolute atomic E-state index is 0.171. The number of rotatable bonds is 5. The van der Waals surface area contributed by atoms with Crippen LogP contribution in [0.2, 0.25) is 0 Å². The summed E-state index contributed by atoms with van der Waals surface area (Å²) in [6.45, 7) is 6.42. The number of hydrogen-bond donors (Lipinski definition) is 0. The quantitative estimate of drug-likeness (QED) is 0.836. The van der Waals surface area contributed by atoms with E-state index in [1.807, 2.05) is 13.0 Å². The lowest BCUT2D eigenvalue weighted by Crippen LogP contribution is -2.49. The van der Waals surface area contributed by atoms with E-state index in [4.69, 9.17) is 4.74 Å². The van der Waals surface area contributed by atoms with Crippen molar-refractivity contribution in [3.63, 3.8) is 0 Å². The highest BCUT2D eigenvalue weighted by atomic mass is 19.1. The lowest BCUT2D eigenvalue weighted by molar-refractivity contribution is 0.0794. The standard InChI is InChI=1S/C16H23FN2O2/c1-2-21-16(20)19-11-9-18(10-12-19)8-4-6-14-5-3-7-15(17)13-14/h3,5,7,13H,2,4,6,8-12H2,1H3. The highest BCUT2D eigenvalue weighted by molar-refractivity contribution is 5.67. The van der Waals surface area contributed by atoms with Gasteiger partial charge in [-0.3, -0.25) is 4.90 Å². The molecule has 1 fully saturated rings. The van der Waals surface area contributed by atoms with Gasteiger partial charge in [-0.15, -0.1) is 0 Å². The largest absolute Gasteiger partial charge is 0.450 e. The zero-order valence-corrected chi connectivity index (χ0v) is 12.6. The van der Waals surface area contributed by atoms with Crippen LogP contribution in [0.15, 0.2) is 24.3 Å². The van der Waals surface area contributed by atoms with Crippen molar-refractivity contribution < 1.29 is 13.9 Å². The van der Waals surface area contributed by atoms with Crippen LogP contribution in [0.25, 0.3) is 0 Å². The van der Waals surface area contributed by atoms with Crippen molar-refractivity contribution in [3.8, 4) is 0 Å². The van der Waals surface area contributed by atoms with E-state index >= 15 is 0 Å². The lowest BCUT2D eigenvalue weighted by Gasteiger charge is -2.34. The fraction of sp³-hybridized carbons (Fsp3) is 0.562. The molecule has 1 aliphatic rings. The van der Waals surface area contributed by atoms with Gasteiger partial charge in [0.2, 0.25) is 0 Å². The van der Waals surface area contributed by atoms with E-state index in [9.17, 15) is 9.18 Å². The van der Waals surface area contributed by atoms with Crippen molar-refractivity contribution in [2.24, 2.45) is 0 Å². The van der Waals surface area contributed by atoms with Crippen molar-refractivity contribution in [3.05, 3.63) is 35.6 Å². The van der Waals surface area contributed by atoms with E-state index in [1.54, 1.807) is 17.0 Å². The second-order valence-electron chi connectivity index (χ2n) is 5.26. The van der Waals surface area contributed by atoms with Gasteiger partial charge in [0.1, 0.15) is 5.82 Å². The first-order valence-corrected chi connectivity index (χ1v) is 7.57. The van der Waals surface area contributed by atoms with Gasteiger partial charge in [0.15, 0.2) is 0 Å². The molecule has 0 aliphatic carbocycles. The average Bonchev–Trinajstić information content (AvgIpc) is 2.48. The van der Waals surface area contributed by atoms with Crippen LogP contribution < -0.4 is 0 Å². The molecule has 21 heavy (non-hydrogen) atoms. The first-order valence-electron chi connectivity index (χ1n) is 7.57. The van der Waals surface area contributed by atoms with E-state index in [2.05, 4.69) is 4.90 Å². The molecule has 1 aromatic rings. The highest BCUT2D eigenvalue weighted by Crippen LogP contribution is 2.09. The fourth-order valence-electron chi connectivity index (χ4n) is 2.57. The molecule has 4 nitrogen and oxygen atoms in total. The third kappa shape index (κ3) is 5.01. The van der Waals surface area contributed by atoms with Crippen LogP contribution in [0, 0.1) is 5.82 Å². The van der Waals surface area contributed by atoms with Crippen molar-refractivity contribution in [1.82, 2.24) is 9.80 Å². The summed E-state index contributed by atoms with van der Waals surface area (Å²) < 4.78 is 18.1. The molecule has 0 atom stereocenters. The molecule has 0 spiro atoms. The minimum Gasteiger partial charge on any atom is -0.450 e. The van der Waals surface area contributed by atoms with Gasteiger partial charge in [0, 0.05) is 26.2 Å². The first-order chi connectivity index (χ1) is 10.2. The Morgan fingerprint density at radius 3 is 2.71 bits per heavy atom. The zero-order chi connectivity index (χ0) is 15.1. The number of benzene rings is 1. The summed E-state index contributed by atoms with van der Waals surface area (Å²) in [7, 11) is 0. The van der Waals surface area contributed by atoms with Crippen molar-refractivity contribution >= 4 is 6.09 Å². The Bertz CT molecular complexity index is 459. The van der Waals surface area contributed by atoms with Crippen molar-refractivity contribution in [2.45, 2.75) is 19.8 Å². The molecule has 116 valence electrons. The maximum absolute atomic E-state index is 13.1. The smallest absolute Gasteiger partial charge is 0.409 e. The summed E-state index contributed by atoms with van der Waals surface area (Å²) in [5.41, 5.74) is 1.04. The number of amides is 1. The lowest BCUT2D eigenvalue weighted by atomic mass is 10.1. The Morgan fingerprint density at radius 1 is 1.29 bits per heavy atom. The number of hydrogen-bond acceptors (Lipinski definition) is 3. The van der Waals surface area contributed by atoms with Crippen LogP contribution in [0.3, 0.4) is 0 Å². The van der Waals surface area contributed by atoms with Crippen LogP contribution in [0.4, 0.5) is 9.18 Å². The van der Waals surface area contributed by atoms with Gasteiger partial charge in [-0.05, 0) is 44.0 Å². The maximum atomic E-state index is 13.1. The first kappa shape index (κ1) is 15.8. The topological polar surface area (TPSA) is 32.8 Å². The van der Waals surface area contributed by atoms with Gasteiger partial charge in [-0.2, -0.15) is 0 Å². The molecule has 0 saturated carbocycles. The fourth-order valence-corrected chi connectivity index (χ4v) is 2.57. The normalized spacial score (nSPS) is 16.0. The molecule has 1 amide bonds. The number of ether oxygens (including phenoxy) is 1. The van der Waals surface area contributed by atoms with Crippen LogP contribution >= 0.6 is 0 Å². The average molecular weight is 294 g/mol. The van der Waals surface area contributed by atoms with E-state index in [1.165, 1.54) is 6.07 Å². The molecule has 1 heterocycles. The molecule has 0 radical (unpaired) electrons. The second-order valence-corrected chi connectivity index (χ2v) is 5.26. The molecule has 1 aromatic carbocycles. The monoisotopic (exact) mass is 294 g/mol. The number of carbonyl (C=O) groups excluding carboxylic acids is 1. The van der Waals surface area contributed by atoms with E-state index in [-0.39, 0.29) is 11.9 Å². The van der Waals surface area contributed by atoms with Crippen molar-refractivity contribution in [1.29, 1.82) is 0 Å². The molecule has 1 saturated heterocycles. The molecule has 1 aliphatic heterocycles. The van der Waals surface area contributed by atoms with Gasteiger partial charge >= 0.3 is 6.09 Å². The Labute approximate surface area is 125 Å². The summed E-state index contributed by atoms with van der Waals surface area (Å²) in [5, 5.41) is 0. The SMILES string of the molecule is CCOC(=O)N1CCN(CCCc2cccc(F)c2)CC1. The molecule has 0 aromatic heterocycles. The summed E-state index contributed by atoms with van der Waals surface area (Å²) in [6, 6.07) is 6.78. The van der Waals surface area contributed by atoms with Gasteiger partial charge in [0.05, 0.1) is 6.61 Å². The number of aryl methyl sites for hydroxylation is 1. The van der Waals surface area contributed by atoms with Crippen LogP contribution in [0.1, 0.15) is 18.9 Å². The molecular weight excluding hydrogens is 271 g/mol. The Balaban J connectivity index is 1.66. The Hall–Kier alpha value is -1.62. The van der Waals surface area contributed by atoms with Gasteiger partial charge < -0.3 is 9.64 Å². The minimum atomic E-state index is -0.211. The van der Waals surface area contributed by atoms with E-state index < -0.39 is 0 Å².